The average Bonchev–Trinajstić information content (AvgIpc) is 2.64. The van der Waals surface area contributed by atoms with Crippen molar-refractivity contribution < 1.29 is 4.74 Å². The van der Waals surface area contributed by atoms with Crippen LogP contribution in [0.2, 0.25) is 5.02 Å². The highest BCUT2D eigenvalue weighted by molar-refractivity contribution is 6.35. The molecule has 0 fully saturated rings. The summed E-state index contributed by atoms with van der Waals surface area (Å²) in [6.07, 6.45) is 0. The Hall–Kier alpha value is -2.78. The third-order valence-corrected chi connectivity index (χ3v) is 4.16. The summed E-state index contributed by atoms with van der Waals surface area (Å²) in [4.78, 5) is 4.82. The Kier molecular flexibility index (Phi) is 5.36. The van der Waals surface area contributed by atoms with E-state index in [0.29, 0.717) is 10.9 Å². The molecule has 0 aliphatic heterocycles. The van der Waals surface area contributed by atoms with Crippen molar-refractivity contribution in [3.8, 4) is 5.75 Å². The van der Waals surface area contributed by atoms with Gasteiger partial charge in [0.2, 0.25) is 0 Å². The number of ether oxygens (including phenoxy) is 1. The summed E-state index contributed by atoms with van der Waals surface area (Å²) >= 11 is 6.40. The summed E-state index contributed by atoms with van der Waals surface area (Å²) in [6, 6.07) is 23.4. The van der Waals surface area contributed by atoms with Crippen LogP contribution in [0.15, 0.2) is 77.8 Å². The number of methoxy groups -OCH3 is 1. The Balaban J connectivity index is 2.03. The number of aryl methyl sites for hydroxylation is 1. The molecule has 0 bridgehead atoms. The third kappa shape index (κ3) is 4.20. The number of hydrogen-bond acceptors (Lipinski definition) is 2. The molecule has 0 saturated heterocycles. The Labute approximate surface area is 153 Å². The highest BCUT2D eigenvalue weighted by Gasteiger charge is 2.09. The fourth-order valence-electron chi connectivity index (χ4n) is 2.43. The first-order valence-corrected chi connectivity index (χ1v) is 8.35. The quantitative estimate of drug-likeness (QED) is 0.473. The van der Waals surface area contributed by atoms with Gasteiger partial charge in [0, 0.05) is 11.3 Å². The minimum absolute atomic E-state index is 0.649. The van der Waals surface area contributed by atoms with Gasteiger partial charge < -0.3 is 10.1 Å². The van der Waals surface area contributed by atoms with Gasteiger partial charge in [-0.25, -0.2) is 4.99 Å². The Morgan fingerprint density at radius 3 is 2.28 bits per heavy atom. The molecule has 4 heteroatoms. The maximum atomic E-state index is 6.40. The molecular weight excluding hydrogens is 332 g/mol. The lowest BCUT2D eigenvalue weighted by molar-refractivity contribution is 0.415. The fourth-order valence-corrected chi connectivity index (χ4v) is 2.65. The molecule has 3 nitrogen and oxygen atoms in total. The molecule has 0 aromatic heterocycles. The molecule has 0 aliphatic carbocycles. The first kappa shape index (κ1) is 17.1. The Morgan fingerprint density at radius 2 is 1.60 bits per heavy atom. The second-order valence-electron chi connectivity index (χ2n) is 5.58. The number of hydrogen-bond donors (Lipinski definition) is 1. The van der Waals surface area contributed by atoms with Crippen LogP contribution in [0.3, 0.4) is 0 Å². The molecule has 3 rings (SSSR count). The van der Waals surface area contributed by atoms with E-state index >= 15 is 0 Å². The van der Waals surface area contributed by atoms with Crippen LogP contribution in [0.1, 0.15) is 11.1 Å². The van der Waals surface area contributed by atoms with E-state index in [1.807, 2.05) is 79.7 Å². The van der Waals surface area contributed by atoms with Crippen LogP contribution in [-0.4, -0.2) is 12.9 Å². The van der Waals surface area contributed by atoms with Gasteiger partial charge in [0.15, 0.2) is 0 Å². The van der Waals surface area contributed by atoms with Crippen molar-refractivity contribution in [2.24, 2.45) is 4.99 Å². The number of nitrogens with zero attached hydrogens (tertiary/aromatic N) is 1. The number of aliphatic imine (C=N–C) groups is 1. The topological polar surface area (TPSA) is 33.6 Å². The monoisotopic (exact) mass is 350 g/mol. The van der Waals surface area contributed by atoms with E-state index in [1.54, 1.807) is 7.11 Å². The molecule has 0 saturated carbocycles. The number of rotatable bonds is 4. The van der Waals surface area contributed by atoms with Gasteiger partial charge in [-0.15, -0.1) is 0 Å². The molecule has 0 spiro atoms. The van der Waals surface area contributed by atoms with Gasteiger partial charge in [0.25, 0.3) is 0 Å². The van der Waals surface area contributed by atoms with E-state index in [4.69, 9.17) is 21.3 Å². The van der Waals surface area contributed by atoms with Crippen molar-refractivity contribution in [1.29, 1.82) is 0 Å². The Morgan fingerprint density at radius 1 is 0.920 bits per heavy atom. The van der Waals surface area contributed by atoms with Crippen LogP contribution in [0.4, 0.5) is 11.4 Å². The molecule has 0 atom stereocenters. The Bertz CT molecular complexity index is 888. The smallest absolute Gasteiger partial charge is 0.139 e. The van der Waals surface area contributed by atoms with E-state index in [2.05, 4.69) is 5.32 Å². The molecule has 0 radical (unpaired) electrons. The molecule has 0 heterocycles. The molecule has 0 aliphatic rings. The molecule has 126 valence electrons. The van der Waals surface area contributed by atoms with Gasteiger partial charge in [-0.05, 0) is 55.0 Å². The lowest BCUT2D eigenvalue weighted by Crippen LogP contribution is -2.14. The van der Waals surface area contributed by atoms with Crippen molar-refractivity contribution in [3.05, 3.63) is 88.9 Å². The van der Waals surface area contributed by atoms with Crippen molar-refractivity contribution >= 4 is 28.8 Å². The highest BCUT2D eigenvalue weighted by atomic mass is 35.5. The fraction of sp³-hybridized carbons (Fsp3) is 0.0952. The van der Waals surface area contributed by atoms with Crippen LogP contribution in [0.25, 0.3) is 0 Å². The van der Waals surface area contributed by atoms with Crippen LogP contribution >= 0.6 is 11.6 Å². The van der Waals surface area contributed by atoms with Crippen LogP contribution in [0, 0.1) is 6.92 Å². The van der Waals surface area contributed by atoms with Crippen molar-refractivity contribution in [2.75, 3.05) is 12.4 Å². The molecule has 3 aromatic rings. The number of anilines is 1. The van der Waals surface area contributed by atoms with E-state index in [-0.39, 0.29) is 0 Å². The maximum absolute atomic E-state index is 6.40. The minimum Gasteiger partial charge on any atom is -0.497 e. The van der Waals surface area contributed by atoms with Gasteiger partial charge >= 0.3 is 0 Å². The maximum Gasteiger partial charge on any atom is 0.139 e. The second-order valence-corrected chi connectivity index (χ2v) is 5.99. The second kappa shape index (κ2) is 7.86. The summed E-state index contributed by atoms with van der Waals surface area (Å²) in [5, 5.41) is 4.02. The zero-order valence-corrected chi connectivity index (χ0v) is 14.9. The highest BCUT2D eigenvalue weighted by Crippen LogP contribution is 2.24. The summed E-state index contributed by atoms with van der Waals surface area (Å²) in [5.74, 6) is 1.51. The van der Waals surface area contributed by atoms with Crippen molar-refractivity contribution in [1.82, 2.24) is 0 Å². The van der Waals surface area contributed by atoms with E-state index in [9.17, 15) is 0 Å². The number of para-hydroxylation sites is 1. The van der Waals surface area contributed by atoms with Gasteiger partial charge in [-0.1, -0.05) is 41.9 Å². The number of nitrogens with one attached hydrogen (secondary N) is 1. The number of halogens is 1. The number of benzene rings is 3. The predicted molar refractivity (Wildman–Crippen MR) is 105 cm³/mol. The standard InChI is InChI=1S/C21H19ClN2O/c1-15-7-3-6-10-20(15)24-21(18-8-4-5-9-19(18)22)23-16-11-13-17(25-2)14-12-16/h3-14H,1-2H3,(H,23,24). The van der Waals surface area contributed by atoms with E-state index in [0.717, 1.165) is 28.3 Å². The minimum atomic E-state index is 0.649. The molecular formula is C21H19ClN2O. The summed E-state index contributed by atoms with van der Waals surface area (Å²) in [6.45, 7) is 2.04. The van der Waals surface area contributed by atoms with Crippen LogP contribution in [-0.2, 0) is 0 Å². The van der Waals surface area contributed by atoms with Crippen molar-refractivity contribution in [2.45, 2.75) is 6.92 Å². The SMILES string of the molecule is COc1ccc(NC(=Nc2ccccc2C)c2ccccc2Cl)cc1. The van der Waals surface area contributed by atoms with Gasteiger partial charge in [0.1, 0.15) is 11.6 Å². The molecule has 0 amide bonds. The van der Waals surface area contributed by atoms with Crippen LogP contribution < -0.4 is 10.1 Å². The largest absolute Gasteiger partial charge is 0.497 e. The summed E-state index contributed by atoms with van der Waals surface area (Å²) in [7, 11) is 1.65. The van der Waals surface area contributed by atoms with Gasteiger partial charge in [-0.3, -0.25) is 0 Å². The average molecular weight is 351 g/mol. The zero-order valence-electron chi connectivity index (χ0n) is 14.2. The molecule has 25 heavy (non-hydrogen) atoms. The van der Waals surface area contributed by atoms with Crippen LogP contribution in [0.5, 0.6) is 5.75 Å². The molecule has 1 N–H and O–H groups in total. The first-order valence-electron chi connectivity index (χ1n) is 7.97. The number of amidine groups is 1. The van der Waals surface area contributed by atoms with Crippen molar-refractivity contribution in [3.63, 3.8) is 0 Å². The first-order chi connectivity index (χ1) is 12.2. The van der Waals surface area contributed by atoms with Gasteiger partial charge in [-0.2, -0.15) is 0 Å². The van der Waals surface area contributed by atoms with E-state index < -0.39 is 0 Å². The summed E-state index contributed by atoms with van der Waals surface area (Å²) in [5.41, 5.74) is 3.76. The molecule has 0 unspecified atom stereocenters. The lowest BCUT2D eigenvalue weighted by Gasteiger charge is -2.13. The van der Waals surface area contributed by atoms with E-state index in [1.165, 1.54) is 0 Å². The lowest BCUT2D eigenvalue weighted by atomic mass is 10.1. The third-order valence-electron chi connectivity index (χ3n) is 3.83. The predicted octanol–water partition coefficient (Wildman–Crippen LogP) is 5.85. The van der Waals surface area contributed by atoms with Gasteiger partial charge in [0.05, 0.1) is 17.8 Å². The summed E-state index contributed by atoms with van der Waals surface area (Å²) < 4.78 is 5.21. The molecule has 3 aromatic carbocycles. The zero-order chi connectivity index (χ0) is 17.6. The normalized spacial score (nSPS) is 11.2.